The molecular weight excluding hydrogens is 298 g/mol. The highest BCUT2D eigenvalue weighted by Gasteiger charge is 2.21. The Morgan fingerprint density at radius 2 is 2.09 bits per heavy atom. The first-order valence-electron chi connectivity index (χ1n) is 7.24. The summed E-state index contributed by atoms with van der Waals surface area (Å²) in [6.45, 7) is 0. The average molecular weight is 317 g/mol. The minimum absolute atomic E-state index is 0.0358. The highest BCUT2D eigenvalue weighted by atomic mass is 16.5. The van der Waals surface area contributed by atoms with E-state index in [0.29, 0.717) is 12.8 Å². The van der Waals surface area contributed by atoms with E-state index >= 15 is 0 Å². The van der Waals surface area contributed by atoms with Crippen LogP contribution in [0.3, 0.4) is 0 Å². The maximum atomic E-state index is 11.9. The van der Waals surface area contributed by atoms with Gasteiger partial charge in [-0.3, -0.25) is 4.79 Å². The van der Waals surface area contributed by atoms with Gasteiger partial charge in [0.1, 0.15) is 6.10 Å². The number of anilines is 1. The van der Waals surface area contributed by atoms with Crippen LogP contribution in [-0.2, 0) is 9.53 Å². The third-order valence-electron chi connectivity index (χ3n) is 3.62. The van der Waals surface area contributed by atoms with E-state index < -0.39 is 18.0 Å². The molecule has 0 aliphatic heterocycles. The summed E-state index contributed by atoms with van der Waals surface area (Å²) in [6, 6.07) is 6.21. The largest absolute Gasteiger partial charge is 0.478 e. The lowest BCUT2D eigenvalue weighted by atomic mass is 9.94. The van der Waals surface area contributed by atoms with E-state index in [0.717, 1.165) is 5.57 Å². The molecule has 1 aliphatic carbocycles. The Morgan fingerprint density at radius 3 is 2.78 bits per heavy atom. The summed E-state index contributed by atoms with van der Waals surface area (Å²) >= 11 is 0. The summed E-state index contributed by atoms with van der Waals surface area (Å²) in [5.41, 5.74) is 1.18. The molecule has 6 heteroatoms. The summed E-state index contributed by atoms with van der Waals surface area (Å²) in [5, 5.41) is 21.3. The molecule has 1 amide bonds. The predicted octanol–water partition coefficient (Wildman–Crippen LogP) is 1.98. The number of amides is 1. The Hall–Kier alpha value is -2.44. The molecule has 0 fully saturated rings. The minimum Gasteiger partial charge on any atom is -0.478 e. The topological polar surface area (TPSA) is 95.9 Å². The van der Waals surface area contributed by atoms with Gasteiger partial charge in [0, 0.05) is 13.2 Å². The monoisotopic (exact) mass is 317 g/mol. The highest BCUT2D eigenvalue weighted by Crippen LogP contribution is 2.21. The number of aliphatic hydroxyl groups excluding tert-OH is 1. The molecule has 1 aliphatic rings. The SMILES string of the molecule is COC1C=C(/C=C/C(=O)Nc2ccccc2C(=O)O)CCC1O. The maximum Gasteiger partial charge on any atom is 0.337 e. The summed E-state index contributed by atoms with van der Waals surface area (Å²) in [7, 11) is 1.52. The number of nitrogens with one attached hydrogen (secondary N) is 1. The molecule has 2 atom stereocenters. The number of methoxy groups -OCH3 is 1. The Labute approximate surface area is 134 Å². The second kappa shape index (κ2) is 7.71. The Kier molecular flexibility index (Phi) is 5.67. The fourth-order valence-electron chi connectivity index (χ4n) is 2.38. The van der Waals surface area contributed by atoms with Gasteiger partial charge in [0.15, 0.2) is 0 Å². The van der Waals surface area contributed by atoms with Crippen LogP contribution in [-0.4, -0.2) is 41.4 Å². The number of allylic oxidation sites excluding steroid dienone is 2. The van der Waals surface area contributed by atoms with Crippen LogP contribution >= 0.6 is 0 Å². The van der Waals surface area contributed by atoms with Gasteiger partial charge in [0.2, 0.25) is 5.91 Å². The standard InChI is InChI=1S/C17H19NO5/c1-23-15-10-11(6-8-14(15)19)7-9-16(20)18-13-5-3-2-4-12(13)17(21)22/h2-5,7,9-10,14-15,19H,6,8H2,1H3,(H,18,20)(H,21,22)/b9-7+. The van der Waals surface area contributed by atoms with Crippen molar-refractivity contribution >= 4 is 17.6 Å². The predicted molar refractivity (Wildman–Crippen MR) is 85.3 cm³/mol. The molecule has 2 unspecified atom stereocenters. The zero-order valence-electron chi connectivity index (χ0n) is 12.7. The van der Waals surface area contributed by atoms with E-state index in [1.54, 1.807) is 24.3 Å². The van der Waals surface area contributed by atoms with E-state index in [1.165, 1.54) is 25.3 Å². The van der Waals surface area contributed by atoms with Crippen LogP contribution in [0.25, 0.3) is 0 Å². The van der Waals surface area contributed by atoms with Gasteiger partial charge in [-0.05, 0) is 30.5 Å². The third-order valence-corrected chi connectivity index (χ3v) is 3.62. The van der Waals surface area contributed by atoms with E-state index in [9.17, 15) is 14.7 Å². The number of carboxylic acids is 1. The van der Waals surface area contributed by atoms with Crippen molar-refractivity contribution in [3.63, 3.8) is 0 Å². The number of para-hydroxylation sites is 1. The van der Waals surface area contributed by atoms with Crippen molar-refractivity contribution in [3.05, 3.63) is 53.6 Å². The second-order valence-corrected chi connectivity index (χ2v) is 5.22. The van der Waals surface area contributed by atoms with Crippen LogP contribution in [0.15, 0.2) is 48.1 Å². The van der Waals surface area contributed by atoms with Crippen molar-refractivity contribution in [1.29, 1.82) is 0 Å². The number of ether oxygens (including phenoxy) is 1. The molecule has 0 bridgehead atoms. The number of carboxylic acid groups (broad SMARTS) is 1. The van der Waals surface area contributed by atoms with Gasteiger partial charge in [-0.25, -0.2) is 4.79 Å². The number of carbonyl (C=O) groups is 2. The Balaban J connectivity index is 2.04. The molecule has 6 nitrogen and oxygen atoms in total. The number of hydrogen-bond donors (Lipinski definition) is 3. The van der Waals surface area contributed by atoms with Crippen LogP contribution in [0.2, 0.25) is 0 Å². The number of rotatable bonds is 5. The number of aromatic carboxylic acids is 1. The zero-order chi connectivity index (χ0) is 16.8. The first-order valence-corrected chi connectivity index (χ1v) is 7.24. The third kappa shape index (κ3) is 4.51. The smallest absolute Gasteiger partial charge is 0.337 e. The lowest BCUT2D eigenvalue weighted by molar-refractivity contribution is -0.111. The van der Waals surface area contributed by atoms with Gasteiger partial charge < -0.3 is 20.3 Å². The number of hydrogen-bond acceptors (Lipinski definition) is 4. The number of benzene rings is 1. The van der Waals surface area contributed by atoms with E-state index in [2.05, 4.69) is 5.32 Å². The second-order valence-electron chi connectivity index (χ2n) is 5.22. The van der Waals surface area contributed by atoms with Crippen molar-refractivity contribution in [2.75, 3.05) is 12.4 Å². The molecule has 23 heavy (non-hydrogen) atoms. The van der Waals surface area contributed by atoms with E-state index in [-0.39, 0.29) is 17.4 Å². The summed E-state index contributed by atoms with van der Waals surface area (Å²) in [4.78, 5) is 23.0. The molecule has 0 saturated heterocycles. The normalized spacial score (nSPS) is 21.0. The van der Waals surface area contributed by atoms with Crippen LogP contribution in [0.4, 0.5) is 5.69 Å². The Bertz CT molecular complexity index is 650. The van der Waals surface area contributed by atoms with E-state index in [1.807, 2.05) is 0 Å². The van der Waals surface area contributed by atoms with Gasteiger partial charge in [0.25, 0.3) is 0 Å². The fourth-order valence-corrected chi connectivity index (χ4v) is 2.38. The first-order chi connectivity index (χ1) is 11.0. The van der Waals surface area contributed by atoms with Gasteiger partial charge >= 0.3 is 5.97 Å². The molecular formula is C17H19NO5. The molecule has 0 saturated carbocycles. The molecule has 122 valence electrons. The molecule has 1 aromatic carbocycles. The summed E-state index contributed by atoms with van der Waals surface area (Å²) in [5.74, 6) is -1.52. The van der Waals surface area contributed by atoms with Crippen molar-refractivity contribution in [1.82, 2.24) is 0 Å². The van der Waals surface area contributed by atoms with Crippen LogP contribution in [0.5, 0.6) is 0 Å². The average Bonchev–Trinajstić information content (AvgIpc) is 2.54. The molecule has 0 radical (unpaired) electrons. The van der Waals surface area contributed by atoms with Crippen LogP contribution < -0.4 is 5.32 Å². The van der Waals surface area contributed by atoms with Crippen LogP contribution in [0, 0.1) is 0 Å². The van der Waals surface area contributed by atoms with Crippen molar-refractivity contribution < 1.29 is 24.5 Å². The highest BCUT2D eigenvalue weighted by molar-refractivity contribution is 6.04. The molecule has 1 aromatic rings. The summed E-state index contributed by atoms with van der Waals surface area (Å²) in [6.07, 6.45) is 5.08. The molecule has 2 rings (SSSR count). The maximum absolute atomic E-state index is 11.9. The van der Waals surface area contributed by atoms with Gasteiger partial charge in [-0.1, -0.05) is 24.3 Å². The van der Waals surface area contributed by atoms with Gasteiger partial charge in [0.05, 0.1) is 17.4 Å². The lowest BCUT2D eigenvalue weighted by Crippen LogP contribution is -2.29. The summed E-state index contributed by atoms with van der Waals surface area (Å²) < 4.78 is 5.15. The molecule has 0 spiro atoms. The van der Waals surface area contributed by atoms with Crippen molar-refractivity contribution in [2.45, 2.75) is 25.0 Å². The van der Waals surface area contributed by atoms with Gasteiger partial charge in [-0.2, -0.15) is 0 Å². The number of aliphatic hydroxyl groups is 1. The van der Waals surface area contributed by atoms with Crippen molar-refractivity contribution in [2.24, 2.45) is 0 Å². The van der Waals surface area contributed by atoms with E-state index in [4.69, 9.17) is 9.84 Å². The minimum atomic E-state index is -1.10. The fraction of sp³-hybridized carbons (Fsp3) is 0.294. The van der Waals surface area contributed by atoms with Crippen molar-refractivity contribution in [3.8, 4) is 0 Å². The molecule has 0 aromatic heterocycles. The molecule has 0 heterocycles. The molecule has 3 N–H and O–H groups in total. The Morgan fingerprint density at radius 1 is 1.35 bits per heavy atom. The van der Waals surface area contributed by atoms with Gasteiger partial charge in [-0.15, -0.1) is 0 Å². The zero-order valence-corrected chi connectivity index (χ0v) is 12.7. The lowest BCUT2D eigenvalue weighted by Gasteiger charge is -2.24. The number of carbonyl (C=O) groups excluding carboxylic acids is 1. The van der Waals surface area contributed by atoms with Crippen LogP contribution in [0.1, 0.15) is 23.2 Å². The first kappa shape index (κ1) is 16.9. The quantitative estimate of drug-likeness (QED) is 0.722.